The molecule has 1 aliphatic heterocycles. The fourth-order valence-corrected chi connectivity index (χ4v) is 3.07. The fraction of sp³-hybridized carbons (Fsp3) is 0.857. The van der Waals surface area contributed by atoms with Crippen molar-refractivity contribution in [1.82, 2.24) is 0 Å². The number of carbonyl (C=O) groups is 1. The third-order valence-electron chi connectivity index (χ3n) is 2.31. The summed E-state index contributed by atoms with van der Waals surface area (Å²) in [6.07, 6.45) is 2.35. The molecule has 2 heteroatoms. The molecule has 0 unspecified atom stereocenters. The highest BCUT2D eigenvalue weighted by atomic mass is 32.2. The van der Waals surface area contributed by atoms with E-state index >= 15 is 0 Å². The summed E-state index contributed by atoms with van der Waals surface area (Å²) in [4.78, 5) is 11.2. The van der Waals surface area contributed by atoms with Gasteiger partial charge >= 0.3 is 0 Å². The van der Waals surface area contributed by atoms with Crippen LogP contribution in [-0.4, -0.2) is 17.3 Å². The van der Waals surface area contributed by atoms with Crippen LogP contribution in [0.1, 0.15) is 12.8 Å². The Bertz CT molecular complexity index is 126. The number of rotatable bonds is 0. The first-order valence-electron chi connectivity index (χ1n) is 3.49. The van der Waals surface area contributed by atoms with E-state index in [0.717, 1.165) is 11.5 Å². The van der Waals surface area contributed by atoms with Crippen LogP contribution in [-0.2, 0) is 4.79 Å². The molecule has 0 aromatic rings. The van der Waals surface area contributed by atoms with Crippen molar-refractivity contribution in [3.8, 4) is 0 Å². The van der Waals surface area contributed by atoms with Crippen LogP contribution in [0.3, 0.4) is 0 Å². The van der Waals surface area contributed by atoms with E-state index in [9.17, 15) is 4.79 Å². The highest BCUT2D eigenvalue weighted by molar-refractivity contribution is 7.99. The van der Waals surface area contributed by atoms with Crippen molar-refractivity contribution in [2.45, 2.75) is 12.8 Å². The van der Waals surface area contributed by atoms with Crippen molar-refractivity contribution in [2.75, 3.05) is 11.5 Å². The second-order valence-electron chi connectivity index (χ2n) is 2.91. The Morgan fingerprint density at radius 1 is 1.22 bits per heavy atom. The molecule has 0 amide bonds. The molecule has 0 N–H and O–H groups in total. The Kier molecular flexibility index (Phi) is 1.29. The van der Waals surface area contributed by atoms with E-state index in [1.54, 1.807) is 0 Å². The van der Waals surface area contributed by atoms with Gasteiger partial charge in [-0.15, -0.1) is 0 Å². The standard InChI is InChI=1S/C7H10OS/c8-7-5-1-2-6(7)4-9-3-5/h5-6H,1-4H2/t5-,6+. The predicted octanol–water partition coefficient (Wildman–Crippen LogP) is 1.33. The summed E-state index contributed by atoms with van der Waals surface area (Å²) in [5.41, 5.74) is 0. The number of Topliss-reactive ketones (excluding diaryl/α,β-unsaturated/α-hetero) is 1. The maximum atomic E-state index is 11.2. The zero-order valence-electron chi connectivity index (χ0n) is 5.30. The lowest BCUT2D eigenvalue weighted by Gasteiger charge is -2.15. The van der Waals surface area contributed by atoms with Crippen LogP contribution in [0.15, 0.2) is 0 Å². The molecular weight excluding hydrogens is 132 g/mol. The molecule has 1 aliphatic carbocycles. The lowest BCUT2D eigenvalue weighted by molar-refractivity contribution is -0.122. The number of carbonyl (C=O) groups excluding carboxylic acids is 1. The number of ketones is 1. The van der Waals surface area contributed by atoms with Gasteiger partial charge in [-0.1, -0.05) is 0 Å². The predicted molar refractivity (Wildman–Crippen MR) is 38.5 cm³/mol. The molecule has 1 heterocycles. The Morgan fingerprint density at radius 3 is 2.22 bits per heavy atom. The van der Waals surface area contributed by atoms with Gasteiger partial charge in [0.15, 0.2) is 0 Å². The number of hydrogen-bond acceptors (Lipinski definition) is 2. The Labute approximate surface area is 59.2 Å². The van der Waals surface area contributed by atoms with Crippen molar-refractivity contribution in [3.63, 3.8) is 0 Å². The molecular formula is C7H10OS. The quantitative estimate of drug-likeness (QED) is 0.507. The Balaban J connectivity index is 2.19. The average Bonchev–Trinajstić information content (AvgIpc) is 2.19. The van der Waals surface area contributed by atoms with Crippen molar-refractivity contribution < 1.29 is 4.79 Å². The van der Waals surface area contributed by atoms with Gasteiger partial charge in [0, 0.05) is 23.3 Å². The van der Waals surface area contributed by atoms with Crippen LogP contribution >= 0.6 is 11.8 Å². The van der Waals surface area contributed by atoms with Gasteiger partial charge in [-0.3, -0.25) is 4.79 Å². The minimum atomic E-state index is 0.453. The molecule has 0 aromatic heterocycles. The molecule has 9 heavy (non-hydrogen) atoms. The summed E-state index contributed by atoms with van der Waals surface area (Å²) in [5.74, 6) is 3.68. The first-order chi connectivity index (χ1) is 4.38. The fourth-order valence-electron chi connectivity index (χ4n) is 1.70. The number of fused-ring (bicyclic) bond motifs is 2. The summed E-state index contributed by atoms with van der Waals surface area (Å²) >= 11 is 1.96. The molecule has 50 valence electrons. The van der Waals surface area contributed by atoms with Crippen LogP contribution in [0.5, 0.6) is 0 Å². The maximum Gasteiger partial charge on any atom is 0.140 e. The highest BCUT2D eigenvalue weighted by Gasteiger charge is 2.37. The van der Waals surface area contributed by atoms with E-state index in [1.165, 1.54) is 12.8 Å². The van der Waals surface area contributed by atoms with Crippen molar-refractivity contribution >= 4 is 17.5 Å². The maximum absolute atomic E-state index is 11.2. The minimum absolute atomic E-state index is 0.453. The first-order valence-corrected chi connectivity index (χ1v) is 4.65. The molecule has 2 atom stereocenters. The Morgan fingerprint density at radius 2 is 1.78 bits per heavy atom. The van der Waals surface area contributed by atoms with Crippen molar-refractivity contribution in [1.29, 1.82) is 0 Å². The third kappa shape index (κ3) is 0.803. The molecule has 1 saturated heterocycles. The molecule has 1 nitrogen and oxygen atoms in total. The lowest BCUT2D eigenvalue weighted by atomic mass is 10.1. The van der Waals surface area contributed by atoms with E-state index in [1.807, 2.05) is 11.8 Å². The minimum Gasteiger partial charge on any atom is -0.299 e. The van der Waals surface area contributed by atoms with Gasteiger partial charge in [0.2, 0.25) is 0 Å². The van der Waals surface area contributed by atoms with E-state index in [2.05, 4.69) is 0 Å². The Hall–Kier alpha value is 0.0200. The van der Waals surface area contributed by atoms with Crippen LogP contribution in [0, 0.1) is 11.8 Å². The molecule has 0 radical (unpaired) electrons. The molecule has 2 aliphatic rings. The molecule has 2 rings (SSSR count). The second-order valence-corrected chi connectivity index (χ2v) is 3.99. The highest BCUT2D eigenvalue weighted by Crippen LogP contribution is 2.36. The number of thioether (sulfide) groups is 1. The second kappa shape index (κ2) is 2.01. The topological polar surface area (TPSA) is 17.1 Å². The van der Waals surface area contributed by atoms with Gasteiger partial charge < -0.3 is 0 Å². The normalized spacial score (nSPS) is 41.6. The summed E-state index contributed by atoms with van der Waals surface area (Å²) in [6, 6.07) is 0. The zero-order valence-corrected chi connectivity index (χ0v) is 6.12. The first kappa shape index (κ1) is 5.78. The van der Waals surface area contributed by atoms with E-state index < -0.39 is 0 Å². The lowest BCUT2D eigenvalue weighted by Crippen LogP contribution is -2.22. The molecule has 2 bridgehead atoms. The van der Waals surface area contributed by atoms with Crippen LogP contribution in [0.2, 0.25) is 0 Å². The van der Waals surface area contributed by atoms with Gasteiger partial charge in [-0.2, -0.15) is 11.8 Å². The van der Waals surface area contributed by atoms with Crippen LogP contribution in [0.25, 0.3) is 0 Å². The molecule has 0 aromatic carbocycles. The SMILES string of the molecule is O=C1[C@@H]2CC[C@H]1CSC2. The third-order valence-corrected chi connectivity index (χ3v) is 3.58. The smallest absolute Gasteiger partial charge is 0.140 e. The van der Waals surface area contributed by atoms with Crippen molar-refractivity contribution in [3.05, 3.63) is 0 Å². The summed E-state index contributed by atoms with van der Waals surface area (Å²) in [6.45, 7) is 0. The van der Waals surface area contributed by atoms with Gasteiger partial charge in [0.05, 0.1) is 0 Å². The molecule has 0 spiro atoms. The van der Waals surface area contributed by atoms with E-state index in [0.29, 0.717) is 17.6 Å². The van der Waals surface area contributed by atoms with Gasteiger partial charge in [-0.05, 0) is 12.8 Å². The monoisotopic (exact) mass is 142 g/mol. The van der Waals surface area contributed by atoms with Gasteiger partial charge in [0.1, 0.15) is 5.78 Å². The van der Waals surface area contributed by atoms with Crippen LogP contribution < -0.4 is 0 Å². The summed E-state index contributed by atoms with van der Waals surface area (Å²) < 4.78 is 0. The number of hydrogen-bond donors (Lipinski definition) is 0. The van der Waals surface area contributed by atoms with E-state index in [-0.39, 0.29) is 0 Å². The molecule has 1 saturated carbocycles. The van der Waals surface area contributed by atoms with Crippen molar-refractivity contribution in [2.24, 2.45) is 11.8 Å². The largest absolute Gasteiger partial charge is 0.299 e. The zero-order chi connectivity index (χ0) is 6.27. The van der Waals surface area contributed by atoms with Crippen LogP contribution in [0.4, 0.5) is 0 Å². The molecule has 2 fully saturated rings. The van der Waals surface area contributed by atoms with E-state index in [4.69, 9.17) is 0 Å². The summed E-state index contributed by atoms with van der Waals surface area (Å²) in [5, 5.41) is 0. The summed E-state index contributed by atoms with van der Waals surface area (Å²) in [7, 11) is 0. The average molecular weight is 142 g/mol. The van der Waals surface area contributed by atoms with Gasteiger partial charge in [-0.25, -0.2) is 0 Å². The van der Waals surface area contributed by atoms with Gasteiger partial charge in [0.25, 0.3) is 0 Å².